The van der Waals surface area contributed by atoms with Gasteiger partial charge in [0.15, 0.2) is 0 Å². The van der Waals surface area contributed by atoms with Gasteiger partial charge in [0.2, 0.25) is 0 Å². The molecular weight excluding hydrogens is 386 g/mol. The molecule has 1 N–H and O–H groups in total. The fourth-order valence-corrected chi connectivity index (χ4v) is 5.47. The smallest absolute Gasteiger partial charge is 0.269 e. The monoisotopic (exact) mass is 417 g/mol. The lowest BCUT2D eigenvalue weighted by molar-refractivity contribution is 0.161. The van der Waals surface area contributed by atoms with Crippen molar-refractivity contribution in [2.24, 2.45) is 5.92 Å². The van der Waals surface area contributed by atoms with E-state index >= 15 is 0 Å². The normalized spacial score (nSPS) is 23.2. The number of anilines is 1. The lowest BCUT2D eigenvalue weighted by Gasteiger charge is -2.32. The lowest BCUT2D eigenvalue weighted by atomic mass is 10.1. The quantitative estimate of drug-likeness (QED) is 0.777. The highest BCUT2D eigenvalue weighted by atomic mass is 32.1. The van der Waals surface area contributed by atoms with E-state index in [1.54, 1.807) is 16.9 Å². The number of aliphatic hydroxyl groups is 1. The molecule has 4 rings (SSSR count). The second-order valence-corrected chi connectivity index (χ2v) is 9.93. The van der Waals surface area contributed by atoms with Crippen molar-refractivity contribution in [3.63, 3.8) is 0 Å². The minimum absolute atomic E-state index is 0.0484. The Morgan fingerprint density at radius 2 is 2.10 bits per heavy atom. The molecular formula is C21H31N5O2S. The fourth-order valence-electron chi connectivity index (χ4n) is 4.29. The minimum atomic E-state index is -0.308. The number of likely N-dealkylation sites (tertiary alicyclic amines) is 1. The topological polar surface area (TPSA) is 74.5 Å². The van der Waals surface area contributed by atoms with Gasteiger partial charge in [-0.3, -0.25) is 9.69 Å². The average Bonchev–Trinajstić information content (AvgIpc) is 3.30. The van der Waals surface area contributed by atoms with Crippen LogP contribution in [0.1, 0.15) is 49.0 Å². The Morgan fingerprint density at radius 3 is 2.83 bits per heavy atom. The van der Waals surface area contributed by atoms with E-state index in [0.717, 1.165) is 57.5 Å². The highest BCUT2D eigenvalue weighted by molar-refractivity contribution is 7.11. The number of hydrogen-bond acceptors (Lipinski definition) is 7. The maximum Gasteiger partial charge on any atom is 0.269 e. The van der Waals surface area contributed by atoms with Gasteiger partial charge in [-0.25, -0.2) is 9.67 Å². The van der Waals surface area contributed by atoms with Crippen LogP contribution in [0, 0.1) is 5.92 Å². The molecule has 2 aromatic rings. The first kappa shape index (κ1) is 20.5. The van der Waals surface area contributed by atoms with Gasteiger partial charge in [0.1, 0.15) is 0 Å². The van der Waals surface area contributed by atoms with E-state index < -0.39 is 0 Å². The Morgan fingerprint density at radius 1 is 1.24 bits per heavy atom. The first-order valence-electron chi connectivity index (χ1n) is 10.7. The van der Waals surface area contributed by atoms with Gasteiger partial charge in [-0.2, -0.15) is 5.10 Å². The van der Waals surface area contributed by atoms with Gasteiger partial charge >= 0.3 is 0 Å². The molecule has 2 aliphatic heterocycles. The van der Waals surface area contributed by atoms with Crippen LogP contribution in [0.3, 0.4) is 0 Å². The maximum atomic E-state index is 12.7. The zero-order valence-electron chi connectivity index (χ0n) is 17.3. The standard InChI is InChI=1S/C21H31N5O2S/c1-15(2)8-20-22-11-19(29-20)14-24-6-3-4-16(12-24)26-21(28)9-17(10-23-26)25-7-5-18(27)13-25/h9-11,15-16,18,27H,3-8,12-14H2,1-2H3/t16-,18+/m1/s1. The van der Waals surface area contributed by atoms with Gasteiger partial charge in [0, 0.05) is 49.7 Å². The Hall–Kier alpha value is -1.77. The first-order chi connectivity index (χ1) is 14.0. The van der Waals surface area contributed by atoms with Crippen molar-refractivity contribution in [1.29, 1.82) is 0 Å². The van der Waals surface area contributed by atoms with Crippen LogP contribution >= 0.6 is 11.3 Å². The van der Waals surface area contributed by atoms with Crippen molar-refractivity contribution in [3.8, 4) is 0 Å². The zero-order valence-corrected chi connectivity index (χ0v) is 18.1. The minimum Gasteiger partial charge on any atom is -0.391 e. The molecule has 0 spiro atoms. The average molecular weight is 418 g/mol. The summed E-state index contributed by atoms with van der Waals surface area (Å²) in [6.07, 6.45) is 7.31. The summed E-state index contributed by atoms with van der Waals surface area (Å²) >= 11 is 1.81. The Bertz CT molecular complexity index is 880. The van der Waals surface area contributed by atoms with Crippen LogP contribution in [0.2, 0.25) is 0 Å². The van der Waals surface area contributed by atoms with Gasteiger partial charge in [-0.15, -0.1) is 11.3 Å². The predicted molar refractivity (Wildman–Crippen MR) is 116 cm³/mol. The lowest BCUT2D eigenvalue weighted by Crippen LogP contribution is -2.40. The summed E-state index contributed by atoms with van der Waals surface area (Å²) in [5.41, 5.74) is 0.769. The van der Waals surface area contributed by atoms with Crippen molar-refractivity contribution in [2.75, 3.05) is 31.1 Å². The Labute approximate surface area is 176 Å². The number of hydrogen-bond donors (Lipinski definition) is 1. The molecule has 7 nitrogen and oxygen atoms in total. The van der Waals surface area contributed by atoms with Crippen LogP contribution in [0.25, 0.3) is 0 Å². The van der Waals surface area contributed by atoms with E-state index in [0.29, 0.717) is 12.5 Å². The van der Waals surface area contributed by atoms with E-state index in [4.69, 9.17) is 0 Å². The summed E-state index contributed by atoms with van der Waals surface area (Å²) in [6.45, 7) is 8.58. The predicted octanol–water partition coefficient (Wildman–Crippen LogP) is 2.31. The van der Waals surface area contributed by atoms with E-state index in [9.17, 15) is 9.90 Å². The molecule has 158 valence electrons. The third-order valence-corrected chi connectivity index (χ3v) is 6.73. The van der Waals surface area contributed by atoms with Crippen LogP contribution in [0.15, 0.2) is 23.3 Å². The molecule has 0 amide bonds. The van der Waals surface area contributed by atoms with Crippen LogP contribution < -0.4 is 10.5 Å². The van der Waals surface area contributed by atoms with Gasteiger partial charge in [-0.1, -0.05) is 13.8 Å². The molecule has 2 aromatic heterocycles. The molecule has 2 aliphatic rings. The zero-order chi connectivity index (χ0) is 20.4. The number of β-amino-alcohol motifs (C(OH)–C–C–N with tert-alkyl or cyclic N) is 1. The number of piperidine rings is 1. The van der Waals surface area contributed by atoms with Crippen molar-refractivity contribution in [2.45, 2.75) is 58.2 Å². The largest absolute Gasteiger partial charge is 0.391 e. The van der Waals surface area contributed by atoms with Crippen LogP contribution in [0.5, 0.6) is 0 Å². The van der Waals surface area contributed by atoms with E-state index in [-0.39, 0.29) is 17.7 Å². The fraction of sp³-hybridized carbons (Fsp3) is 0.667. The van der Waals surface area contributed by atoms with E-state index in [1.165, 1.54) is 9.88 Å². The molecule has 0 bridgehead atoms. The molecule has 29 heavy (non-hydrogen) atoms. The first-order valence-corrected chi connectivity index (χ1v) is 11.5. The molecule has 2 fully saturated rings. The second kappa shape index (κ2) is 8.93. The third-order valence-electron chi connectivity index (χ3n) is 5.73. The highest BCUT2D eigenvalue weighted by Crippen LogP contribution is 2.25. The molecule has 0 radical (unpaired) electrons. The van der Waals surface area contributed by atoms with Crippen molar-refractivity contribution in [3.05, 3.63) is 38.7 Å². The SMILES string of the molecule is CC(C)Cc1ncc(CN2CCC[C@@H](n3ncc(N4CC[C@H](O)C4)cc3=O)C2)s1. The van der Waals surface area contributed by atoms with E-state index in [1.807, 2.05) is 22.4 Å². The summed E-state index contributed by atoms with van der Waals surface area (Å²) in [7, 11) is 0. The molecule has 4 heterocycles. The number of rotatable bonds is 6. The van der Waals surface area contributed by atoms with Crippen molar-refractivity contribution in [1.82, 2.24) is 19.7 Å². The summed E-state index contributed by atoms with van der Waals surface area (Å²) < 4.78 is 1.65. The summed E-state index contributed by atoms with van der Waals surface area (Å²) in [5, 5.41) is 15.4. The van der Waals surface area contributed by atoms with Crippen molar-refractivity contribution >= 4 is 17.0 Å². The molecule has 8 heteroatoms. The number of thiazole rings is 1. The molecule has 0 aliphatic carbocycles. The van der Waals surface area contributed by atoms with Gasteiger partial charge in [-0.05, 0) is 31.7 Å². The van der Waals surface area contributed by atoms with Gasteiger partial charge in [0.05, 0.1) is 29.0 Å². The van der Waals surface area contributed by atoms with Gasteiger partial charge in [0.25, 0.3) is 5.56 Å². The highest BCUT2D eigenvalue weighted by Gasteiger charge is 2.25. The maximum absolute atomic E-state index is 12.7. The van der Waals surface area contributed by atoms with Crippen molar-refractivity contribution < 1.29 is 5.11 Å². The summed E-state index contributed by atoms with van der Waals surface area (Å²) in [5.74, 6) is 0.623. The summed E-state index contributed by atoms with van der Waals surface area (Å²) in [6, 6.07) is 1.78. The molecule has 0 aromatic carbocycles. The van der Waals surface area contributed by atoms with Crippen LogP contribution in [-0.4, -0.2) is 57.1 Å². The third kappa shape index (κ3) is 5.05. The number of nitrogens with zero attached hydrogens (tertiary/aromatic N) is 5. The molecule has 0 saturated carbocycles. The van der Waals surface area contributed by atoms with Crippen LogP contribution in [-0.2, 0) is 13.0 Å². The molecule has 2 atom stereocenters. The summed E-state index contributed by atoms with van der Waals surface area (Å²) in [4.78, 5) is 23.1. The Balaban J connectivity index is 1.40. The second-order valence-electron chi connectivity index (χ2n) is 8.73. The van der Waals surface area contributed by atoms with E-state index in [2.05, 4.69) is 28.8 Å². The van der Waals surface area contributed by atoms with Crippen LogP contribution in [0.4, 0.5) is 5.69 Å². The van der Waals surface area contributed by atoms with Gasteiger partial charge < -0.3 is 10.0 Å². The Kier molecular flexibility index (Phi) is 6.32. The molecule has 0 unspecified atom stereocenters. The number of aromatic nitrogens is 3. The molecule has 2 saturated heterocycles. The number of aliphatic hydroxyl groups excluding tert-OH is 1.